The maximum atomic E-state index is 11.6. The van der Waals surface area contributed by atoms with Gasteiger partial charge in [0.25, 0.3) is 0 Å². The summed E-state index contributed by atoms with van der Waals surface area (Å²) in [6.07, 6.45) is 1.52. The van der Waals surface area contributed by atoms with Crippen molar-refractivity contribution in [2.45, 2.75) is 20.4 Å². The Kier molecular flexibility index (Phi) is 9.08. The molecule has 10 nitrogen and oxygen atoms in total. The number of ether oxygens (including phenoxy) is 3. The number of hydrogen-bond acceptors (Lipinski definition) is 9. The van der Waals surface area contributed by atoms with Gasteiger partial charge in [-0.3, -0.25) is 0 Å². The Morgan fingerprint density at radius 2 is 2.06 bits per heavy atom. The van der Waals surface area contributed by atoms with Crippen molar-refractivity contribution in [3.8, 4) is 23.6 Å². The summed E-state index contributed by atoms with van der Waals surface area (Å²) in [7, 11) is 0. The molecule has 0 fully saturated rings. The number of nitrogen functional groups attached to an aromatic ring is 1. The second-order valence-electron chi connectivity index (χ2n) is 6.19. The maximum Gasteiger partial charge on any atom is 0.344 e. The Hall–Kier alpha value is -3.54. The van der Waals surface area contributed by atoms with Crippen LogP contribution in [0.25, 0.3) is 11.6 Å². The van der Waals surface area contributed by atoms with Crippen molar-refractivity contribution in [3.05, 3.63) is 33.4 Å². The molecule has 2 aromatic rings. The zero-order valence-corrected chi connectivity index (χ0v) is 19.2. The van der Waals surface area contributed by atoms with E-state index in [2.05, 4.69) is 21.0 Å². The van der Waals surface area contributed by atoms with Crippen molar-refractivity contribution >= 4 is 39.4 Å². The van der Waals surface area contributed by atoms with Crippen LogP contribution in [0.5, 0.6) is 11.5 Å². The van der Waals surface area contributed by atoms with Crippen molar-refractivity contribution in [2.75, 3.05) is 32.2 Å². The second-order valence-corrected chi connectivity index (χ2v) is 7.05. The normalized spacial score (nSPS) is 10.9. The number of aromatic nitrogens is 2. The highest BCUT2D eigenvalue weighted by Gasteiger charge is 2.20. The monoisotopic (exact) mass is 503 g/mol. The fourth-order valence-corrected chi connectivity index (χ4v) is 3.34. The highest BCUT2D eigenvalue weighted by Crippen LogP contribution is 2.38. The number of hydrogen-bond donors (Lipinski definition) is 2. The van der Waals surface area contributed by atoms with Crippen molar-refractivity contribution in [3.63, 3.8) is 0 Å². The van der Waals surface area contributed by atoms with Crippen LogP contribution in [0.2, 0.25) is 0 Å². The third kappa shape index (κ3) is 5.78. The van der Waals surface area contributed by atoms with E-state index in [1.54, 1.807) is 26.0 Å². The van der Waals surface area contributed by atoms with E-state index in [0.29, 0.717) is 28.1 Å². The van der Waals surface area contributed by atoms with Gasteiger partial charge >= 0.3 is 5.97 Å². The van der Waals surface area contributed by atoms with Crippen LogP contribution in [0.1, 0.15) is 30.7 Å². The fourth-order valence-electron chi connectivity index (χ4n) is 2.77. The number of benzene rings is 1. The summed E-state index contributed by atoms with van der Waals surface area (Å²) in [6, 6.07) is 7.28. The smallest absolute Gasteiger partial charge is 0.344 e. The minimum Gasteiger partial charge on any atom is -0.490 e. The van der Waals surface area contributed by atoms with E-state index < -0.39 is 5.97 Å². The molecule has 1 heterocycles. The molecule has 1 aromatic heterocycles. The van der Waals surface area contributed by atoms with Crippen LogP contribution in [0.4, 0.5) is 5.82 Å². The van der Waals surface area contributed by atoms with E-state index >= 15 is 0 Å². The lowest BCUT2D eigenvalue weighted by atomic mass is 10.1. The van der Waals surface area contributed by atoms with Gasteiger partial charge in [0.1, 0.15) is 29.2 Å². The lowest BCUT2D eigenvalue weighted by Crippen LogP contribution is -2.15. The number of anilines is 1. The number of nitriles is 2. The number of aliphatic hydroxyl groups excluding tert-OH is 1. The van der Waals surface area contributed by atoms with Crippen molar-refractivity contribution < 1.29 is 24.1 Å². The molecule has 1 aromatic carbocycles. The van der Waals surface area contributed by atoms with E-state index in [1.807, 2.05) is 12.1 Å². The lowest BCUT2D eigenvalue weighted by molar-refractivity contribution is -0.145. The quantitative estimate of drug-likeness (QED) is 0.367. The molecular formula is C21H22BrN5O5. The van der Waals surface area contributed by atoms with Gasteiger partial charge in [-0.2, -0.15) is 15.6 Å². The van der Waals surface area contributed by atoms with Gasteiger partial charge in [-0.1, -0.05) is 0 Å². The van der Waals surface area contributed by atoms with Crippen LogP contribution in [0.3, 0.4) is 0 Å². The lowest BCUT2D eigenvalue weighted by Gasteiger charge is -2.14. The molecule has 0 bridgehead atoms. The van der Waals surface area contributed by atoms with Gasteiger partial charge in [-0.05, 0) is 53.5 Å². The summed E-state index contributed by atoms with van der Waals surface area (Å²) in [5, 5.41) is 32.5. The molecule has 11 heteroatoms. The van der Waals surface area contributed by atoms with Crippen LogP contribution < -0.4 is 15.2 Å². The number of carbonyl (C=O) groups excluding carboxylic acids is 1. The van der Waals surface area contributed by atoms with Gasteiger partial charge in [-0.15, -0.1) is 0 Å². The van der Waals surface area contributed by atoms with Gasteiger partial charge in [-0.25, -0.2) is 9.48 Å². The molecular weight excluding hydrogens is 482 g/mol. The van der Waals surface area contributed by atoms with E-state index in [9.17, 15) is 15.3 Å². The standard InChI is InChI=1S/C21H22BrN5O5/c1-3-30-17-9-13(8-16(22)20(17)32-12-18(29)31-4-2)7-14(10-23)19-15(11-24)21(25)27(26-19)5-6-28/h7-9,28H,3-6,12,25H2,1-2H3. The number of carbonyl (C=O) groups is 1. The van der Waals surface area contributed by atoms with Crippen molar-refractivity contribution in [1.82, 2.24) is 9.78 Å². The number of nitrogens with two attached hydrogens (primary N) is 1. The van der Waals surface area contributed by atoms with E-state index in [4.69, 9.17) is 25.1 Å². The second kappa shape index (κ2) is 11.7. The van der Waals surface area contributed by atoms with Crippen LogP contribution in [0.15, 0.2) is 16.6 Å². The van der Waals surface area contributed by atoms with Gasteiger partial charge in [0, 0.05) is 0 Å². The fraction of sp³-hybridized carbons (Fsp3) is 0.333. The Morgan fingerprint density at radius 1 is 1.31 bits per heavy atom. The summed E-state index contributed by atoms with van der Waals surface area (Å²) in [6.45, 7) is 3.64. The summed E-state index contributed by atoms with van der Waals surface area (Å²) >= 11 is 3.40. The maximum absolute atomic E-state index is 11.6. The average Bonchev–Trinajstić information content (AvgIpc) is 3.07. The van der Waals surface area contributed by atoms with Gasteiger partial charge in [0.2, 0.25) is 0 Å². The molecule has 0 saturated carbocycles. The summed E-state index contributed by atoms with van der Waals surface area (Å²) in [5.74, 6) is 0.208. The first-order chi connectivity index (χ1) is 15.4. The van der Waals surface area contributed by atoms with E-state index in [1.165, 1.54) is 10.8 Å². The highest BCUT2D eigenvalue weighted by atomic mass is 79.9. The zero-order chi connectivity index (χ0) is 23.7. The molecule has 0 saturated heterocycles. The highest BCUT2D eigenvalue weighted by molar-refractivity contribution is 9.10. The van der Waals surface area contributed by atoms with Crippen molar-refractivity contribution in [2.24, 2.45) is 0 Å². The Labute approximate surface area is 193 Å². The van der Waals surface area contributed by atoms with Gasteiger partial charge in [0.15, 0.2) is 18.1 Å². The topological polar surface area (TPSA) is 156 Å². The molecule has 32 heavy (non-hydrogen) atoms. The molecule has 0 aliphatic carbocycles. The number of esters is 1. The molecule has 0 spiro atoms. The van der Waals surface area contributed by atoms with Gasteiger partial charge < -0.3 is 25.1 Å². The molecule has 2 rings (SSSR count). The number of rotatable bonds is 10. The summed E-state index contributed by atoms with van der Waals surface area (Å²) < 4.78 is 17.8. The van der Waals surface area contributed by atoms with Crippen LogP contribution in [-0.4, -0.2) is 47.3 Å². The Morgan fingerprint density at radius 3 is 2.66 bits per heavy atom. The van der Waals surface area contributed by atoms with E-state index in [0.717, 1.165) is 0 Å². The zero-order valence-electron chi connectivity index (χ0n) is 17.6. The third-order valence-corrected chi connectivity index (χ3v) is 4.66. The predicted octanol–water partition coefficient (Wildman–Crippen LogP) is 2.50. The Balaban J connectivity index is 2.48. The first kappa shape index (κ1) is 24.7. The SMILES string of the molecule is CCOC(=O)COc1c(Br)cc(C=C(C#N)c2nn(CCO)c(N)c2C#N)cc1OCC. The van der Waals surface area contributed by atoms with Crippen molar-refractivity contribution in [1.29, 1.82) is 10.5 Å². The Bertz CT molecular complexity index is 1100. The summed E-state index contributed by atoms with van der Waals surface area (Å²) in [4.78, 5) is 11.6. The number of halogens is 1. The average molecular weight is 504 g/mol. The minimum atomic E-state index is -0.516. The molecule has 0 aliphatic heterocycles. The van der Waals surface area contributed by atoms with Crippen LogP contribution in [0, 0.1) is 22.7 Å². The largest absolute Gasteiger partial charge is 0.490 e. The summed E-state index contributed by atoms with van der Waals surface area (Å²) in [5.41, 5.74) is 6.73. The molecule has 0 atom stereocenters. The predicted molar refractivity (Wildman–Crippen MR) is 119 cm³/mol. The number of nitrogens with zero attached hydrogens (tertiary/aromatic N) is 4. The molecule has 0 radical (unpaired) electrons. The molecule has 0 unspecified atom stereocenters. The van der Waals surface area contributed by atoms with Gasteiger partial charge in [0.05, 0.1) is 36.4 Å². The number of aliphatic hydroxyl groups is 1. The first-order valence-electron chi connectivity index (χ1n) is 9.64. The molecule has 0 aliphatic rings. The van der Waals surface area contributed by atoms with Crippen LogP contribution in [-0.2, 0) is 16.1 Å². The van der Waals surface area contributed by atoms with E-state index in [-0.39, 0.29) is 49.0 Å². The molecule has 168 valence electrons. The number of allylic oxidation sites excluding steroid dienone is 1. The van der Waals surface area contributed by atoms with Crippen LogP contribution >= 0.6 is 15.9 Å². The first-order valence-corrected chi connectivity index (χ1v) is 10.4. The minimum absolute atomic E-state index is 0.0461. The molecule has 3 N–H and O–H groups in total. The third-order valence-electron chi connectivity index (χ3n) is 4.07. The molecule has 0 amide bonds.